The number of carbonyl (C=O) groups is 1. The van der Waals surface area contributed by atoms with Crippen molar-refractivity contribution in [1.29, 1.82) is 0 Å². The van der Waals surface area contributed by atoms with Crippen LogP contribution in [-0.4, -0.2) is 103 Å². The lowest BCUT2D eigenvalue weighted by molar-refractivity contribution is -0.190. The number of aliphatic hydroxyl groups is 7. The van der Waals surface area contributed by atoms with Crippen LogP contribution in [0, 0.1) is 0 Å². The van der Waals surface area contributed by atoms with Crippen LogP contribution in [0.25, 0.3) is 0 Å². The molecule has 0 aliphatic heterocycles. The lowest BCUT2D eigenvalue weighted by Crippen LogP contribution is -2.69. The van der Waals surface area contributed by atoms with Crippen LogP contribution in [0.4, 0.5) is 0 Å². The summed E-state index contributed by atoms with van der Waals surface area (Å²) >= 11 is 0. The van der Waals surface area contributed by atoms with Gasteiger partial charge in [-0.1, -0.05) is 6.92 Å². The molecule has 0 heterocycles. The van der Waals surface area contributed by atoms with Crippen LogP contribution in [-0.2, 0) is 4.79 Å². The second-order valence-corrected chi connectivity index (χ2v) is 6.54. The molecule has 0 saturated heterocycles. The second-order valence-electron chi connectivity index (χ2n) is 6.54. The van der Waals surface area contributed by atoms with Crippen molar-refractivity contribution in [2.24, 2.45) is 0 Å². The van der Waals surface area contributed by atoms with Crippen LogP contribution in [0.15, 0.2) is 0 Å². The maximum Gasteiger partial charge on any atom is 0.220 e. The van der Waals surface area contributed by atoms with E-state index in [9.17, 15) is 40.5 Å². The summed E-state index contributed by atoms with van der Waals surface area (Å²) in [6.07, 6.45) is -9.86. The number of nitrogens with one attached hydrogen (secondary N) is 2. The van der Waals surface area contributed by atoms with Crippen molar-refractivity contribution in [3.05, 3.63) is 0 Å². The Morgan fingerprint density at radius 3 is 1.88 bits per heavy atom. The minimum atomic E-state index is -1.70. The molecule has 0 aromatic heterocycles. The van der Waals surface area contributed by atoms with Crippen molar-refractivity contribution >= 4 is 5.91 Å². The quantitative estimate of drug-likeness (QED) is 0.205. The molecule has 0 bridgehead atoms. The highest BCUT2D eigenvalue weighted by Crippen LogP contribution is 2.21. The maximum atomic E-state index is 11.8. The fourth-order valence-corrected chi connectivity index (χ4v) is 2.84. The summed E-state index contributed by atoms with van der Waals surface area (Å²) in [7, 11) is 0. The monoisotopic (exact) mass is 366 g/mol. The summed E-state index contributed by atoms with van der Waals surface area (Å²) in [6.45, 7) is 2.99. The molecule has 1 amide bonds. The molecule has 10 nitrogen and oxygen atoms in total. The van der Waals surface area contributed by atoms with Crippen LogP contribution < -0.4 is 10.6 Å². The summed E-state index contributed by atoms with van der Waals surface area (Å²) in [5.74, 6) is -0.339. The Hall–Kier alpha value is -0.850. The van der Waals surface area contributed by atoms with Crippen molar-refractivity contribution in [1.82, 2.24) is 10.6 Å². The van der Waals surface area contributed by atoms with Crippen molar-refractivity contribution in [2.45, 2.75) is 81.5 Å². The molecule has 1 fully saturated rings. The van der Waals surface area contributed by atoms with Gasteiger partial charge >= 0.3 is 0 Å². The summed E-state index contributed by atoms with van der Waals surface area (Å²) in [5, 5.41) is 73.7. The zero-order chi connectivity index (χ0) is 19.3. The smallest absolute Gasteiger partial charge is 0.220 e. The van der Waals surface area contributed by atoms with Gasteiger partial charge in [0.15, 0.2) is 0 Å². The molecule has 1 rings (SSSR count). The normalized spacial score (nSPS) is 36.5. The first-order valence-corrected chi connectivity index (χ1v) is 8.41. The highest BCUT2D eigenvalue weighted by atomic mass is 16.4. The topological polar surface area (TPSA) is 183 Å². The highest BCUT2D eigenvalue weighted by molar-refractivity contribution is 5.76. The van der Waals surface area contributed by atoms with Gasteiger partial charge in [0.05, 0.1) is 18.2 Å². The third-order valence-electron chi connectivity index (χ3n) is 4.44. The lowest BCUT2D eigenvalue weighted by atomic mass is 9.83. The summed E-state index contributed by atoms with van der Waals surface area (Å²) in [5.41, 5.74) is 0. The van der Waals surface area contributed by atoms with Gasteiger partial charge in [-0.2, -0.15) is 0 Å². The van der Waals surface area contributed by atoms with Gasteiger partial charge in [0.25, 0.3) is 0 Å². The van der Waals surface area contributed by atoms with Gasteiger partial charge in [0.2, 0.25) is 5.91 Å². The second kappa shape index (κ2) is 9.74. The van der Waals surface area contributed by atoms with Gasteiger partial charge in [0, 0.05) is 13.0 Å². The molecule has 0 spiro atoms. The Balaban J connectivity index is 2.78. The Bertz CT molecular complexity index is 408. The summed E-state index contributed by atoms with van der Waals surface area (Å²) in [4.78, 5) is 11.8. The van der Waals surface area contributed by atoms with Crippen molar-refractivity contribution in [2.75, 3.05) is 6.54 Å². The average molecular weight is 366 g/mol. The average Bonchev–Trinajstić information content (AvgIpc) is 2.56. The van der Waals surface area contributed by atoms with E-state index in [0.29, 0.717) is 6.42 Å². The molecule has 7 unspecified atom stereocenters. The Morgan fingerprint density at radius 1 is 0.960 bits per heavy atom. The first-order valence-electron chi connectivity index (χ1n) is 8.41. The molecule has 0 aromatic carbocycles. The van der Waals surface area contributed by atoms with Gasteiger partial charge in [-0.05, 0) is 13.3 Å². The van der Waals surface area contributed by atoms with E-state index >= 15 is 0 Å². The molecule has 10 heteroatoms. The first-order chi connectivity index (χ1) is 11.6. The van der Waals surface area contributed by atoms with Gasteiger partial charge in [-0.15, -0.1) is 0 Å². The third kappa shape index (κ3) is 5.56. The third-order valence-corrected chi connectivity index (χ3v) is 4.44. The van der Waals surface area contributed by atoms with Crippen LogP contribution in [0.5, 0.6) is 0 Å². The Labute approximate surface area is 146 Å². The van der Waals surface area contributed by atoms with Crippen molar-refractivity contribution in [3.63, 3.8) is 0 Å². The van der Waals surface area contributed by atoms with E-state index in [0.717, 1.165) is 0 Å². The van der Waals surface area contributed by atoms with Gasteiger partial charge < -0.3 is 46.4 Å². The molecule has 1 saturated carbocycles. The van der Waals surface area contributed by atoms with Gasteiger partial charge in [0.1, 0.15) is 36.6 Å². The molecule has 9 N–H and O–H groups in total. The van der Waals surface area contributed by atoms with E-state index in [2.05, 4.69) is 10.6 Å². The van der Waals surface area contributed by atoms with Crippen LogP contribution >= 0.6 is 0 Å². The molecule has 0 radical (unpaired) electrons. The van der Waals surface area contributed by atoms with Crippen LogP contribution in [0.1, 0.15) is 26.7 Å². The number of aliphatic hydroxyl groups excluding tert-OH is 7. The van der Waals surface area contributed by atoms with Crippen LogP contribution in [0.2, 0.25) is 0 Å². The predicted octanol–water partition coefficient (Wildman–Crippen LogP) is -4.21. The zero-order valence-electron chi connectivity index (χ0n) is 14.4. The first kappa shape index (κ1) is 22.2. The number of carbonyl (C=O) groups excluding carboxylic acids is 1. The largest absolute Gasteiger partial charge is 0.391 e. The number of hydrogen-bond donors (Lipinski definition) is 9. The maximum absolute atomic E-state index is 11.8. The number of hydrogen-bond acceptors (Lipinski definition) is 9. The van der Waals surface area contributed by atoms with Gasteiger partial charge in [-0.3, -0.25) is 4.79 Å². The fourth-order valence-electron chi connectivity index (χ4n) is 2.84. The number of amides is 1. The summed E-state index contributed by atoms with van der Waals surface area (Å²) in [6, 6.07) is -2.14. The predicted molar refractivity (Wildman–Crippen MR) is 86.4 cm³/mol. The molecule has 1 aliphatic carbocycles. The van der Waals surface area contributed by atoms with E-state index in [1.54, 1.807) is 6.92 Å². The van der Waals surface area contributed by atoms with Crippen LogP contribution in [0.3, 0.4) is 0 Å². The van der Waals surface area contributed by atoms with E-state index < -0.39 is 54.8 Å². The van der Waals surface area contributed by atoms with Crippen molar-refractivity contribution < 1.29 is 40.5 Å². The molecular weight excluding hydrogens is 336 g/mol. The lowest BCUT2D eigenvalue weighted by Gasteiger charge is -2.43. The molecule has 25 heavy (non-hydrogen) atoms. The SMILES string of the molecule is CCCC(=O)NC(CNC1C(O)C(O)C(O)C(O)C1O)C(O)C(C)O. The van der Waals surface area contributed by atoms with E-state index in [4.69, 9.17) is 0 Å². The fraction of sp³-hybridized carbons (Fsp3) is 0.933. The molecule has 7 atom stereocenters. The molecule has 148 valence electrons. The Kier molecular flexibility index (Phi) is 8.64. The van der Waals surface area contributed by atoms with E-state index in [1.807, 2.05) is 0 Å². The molecule has 0 aromatic rings. The van der Waals surface area contributed by atoms with E-state index in [1.165, 1.54) is 6.92 Å². The van der Waals surface area contributed by atoms with Crippen molar-refractivity contribution in [3.8, 4) is 0 Å². The van der Waals surface area contributed by atoms with E-state index in [-0.39, 0.29) is 18.9 Å². The molecular formula is C15H30N2O8. The Morgan fingerprint density at radius 2 is 1.44 bits per heavy atom. The minimum absolute atomic E-state index is 0.157. The zero-order valence-corrected chi connectivity index (χ0v) is 14.4. The molecule has 1 aliphatic rings. The number of rotatable bonds is 8. The minimum Gasteiger partial charge on any atom is -0.391 e. The highest BCUT2D eigenvalue weighted by Gasteiger charge is 2.48. The van der Waals surface area contributed by atoms with Gasteiger partial charge in [-0.25, -0.2) is 0 Å². The summed E-state index contributed by atoms with van der Waals surface area (Å²) < 4.78 is 0. The standard InChI is InChI=1S/C15H30N2O8/c1-3-4-8(19)17-7(10(20)6(2)18)5-16-9-11(21)13(23)15(25)14(24)12(9)22/h6-7,9-16,18,20-25H,3-5H2,1-2H3,(H,17,19).